The zero-order chi connectivity index (χ0) is 9.97. The van der Waals surface area contributed by atoms with Gasteiger partial charge in [0.15, 0.2) is 5.06 Å². The summed E-state index contributed by atoms with van der Waals surface area (Å²) in [5, 5.41) is 1.02. The Morgan fingerprint density at radius 3 is 3.00 bits per heavy atom. The zero-order valence-electron chi connectivity index (χ0n) is 8.53. The lowest BCUT2D eigenvalue weighted by Crippen LogP contribution is -2.16. The molecule has 2 nitrogen and oxygen atoms in total. The summed E-state index contributed by atoms with van der Waals surface area (Å²) < 4.78 is 5.21. The van der Waals surface area contributed by atoms with Crippen molar-refractivity contribution in [1.29, 1.82) is 0 Å². The van der Waals surface area contributed by atoms with Crippen LogP contribution in [0.15, 0.2) is 12.1 Å². The van der Waals surface area contributed by atoms with Crippen LogP contribution in [0.3, 0.4) is 0 Å². The van der Waals surface area contributed by atoms with Crippen LogP contribution in [0.1, 0.15) is 30.1 Å². The molecule has 0 amide bonds. The maximum Gasteiger partial charge on any atom is 0.173 e. The third-order valence-corrected chi connectivity index (χ3v) is 4.31. The molecule has 0 aromatic carbocycles. The summed E-state index contributed by atoms with van der Waals surface area (Å²) in [6, 6.07) is 4.26. The first-order valence-corrected chi connectivity index (χ1v) is 6.00. The van der Waals surface area contributed by atoms with E-state index in [1.807, 2.05) is 0 Å². The number of methoxy groups -OCH3 is 1. The second kappa shape index (κ2) is 4.32. The van der Waals surface area contributed by atoms with Gasteiger partial charge in [0.2, 0.25) is 0 Å². The molecule has 1 aromatic rings. The van der Waals surface area contributed by atoms with E-state index in [2.05, 4.69) is 12.1 Å². The molecule has 14 heavy (non-hydrogen) atoms. The topological polar surface area (TPSA) is 35.2 Å². The van der Waals surface area contributed by atoms with E-state index in [9.17, 15) is 0 Å². The number of thiophene rings is 1. The minimum Gasteiger partial charge on any atom is -0.487 e. The Balaban J connectivity index is 2.13. The van der Waals surface area contributed by atoms with Crippen molar-refractivity contribution in [2.45, 2.75) is 25.2 Å². The van der Waals surface area contributed by atoms with Crippen molar-refractivity contribution in [2.24, 2.45) is 11.7 Å². The molecule has 0 saturated heterocycles. The summed E-state index contributed by atoms with van der Waals surface area (Å²) in [5.74, 6) is 1.38. The van der Waals surface area contributed by atoms with Crippen molar-refractivity contribution in [2.75, 3.05) is 13.7 Å². The second-order valence-electron chi connectivity index (χ2n) is 3.89. The SMILES string of the molecule is COc1ccc(C2CCCC2CN)s1. The molecular formula is C11H17NOS. The molecule has 1 aliphatic carbocycles. The van der Waals surface area contributed by atoms with E-state index in [4.69, 9.17) is 10.5 Å². The van der Waals surface area contributed by atoms with E-state index < -0.39 is 0 Å². The molecule has 0 aliphatic heterocycles. The molecule has 1 aromatic heterocycles. The fourth-order valence-electron chi connectivity index (χ4n) is 2.34. The molecule has 0 radical (unpaired) electrons. The molecule has 78 valence electrons. The Morgan fingerprint density at radius 1 is 1.50 bits per heavy atom. The van der Waals surface area contributed by atoms with E-state index in [0.29, 0.717) is 11.8 Å². The molecule has 2 unspecified atom stereocenters. The van der Waals surface area contributed by atoms with E-state index in [1.165, 1.54) is 24.1 Å². The number of hydrogen-bond acceptors (Lipinski definition) is 3. The fraction of sp³-hybridized carbons (Fsp3) is 0.636. The summed E-state index contributed by atoms with van der Waals surface area (Å²) in [5.41, 5.74) is 5.77. The van der Waals surface area contributed by atoms with Crippen LogP contribution in [0.4, 0.5) is 0 Å². The van der Waals surface area contributed by atoms with Gasteiger partial charge in [-0.2, -0.15) is 0 Å². The third-order valence-electron chi connectivity index (χ3n) is 3.13. The predicted octanol–water partition coefficient (Wildman–Crippen LogP) is 2.60. The van der Waals surface area contributed by atoms with Gasteiger partial charge in [-0.15, -0.1) is 11.3 Å². The summed E-state index contributed by atoms with van der Waals surface area (Å²) in [4.78, 5) is 1.45. The van der Waals surface area contributed by atoms with Crippen LogP contribution in [0.2, 0.25) is 0 Å². The van der Waals surface area contributed by atoms with E-state index >= 15 is 0 Å². The molecule has 0 bridgehead atoms. The molecule has 2 N–H and O–H groups in total. The van der Waals surface area contributed by atoms with Crippen LogP contribution in [0.25, 0.3) is 0 Å². The first kappa shape index (κ1) is 9.99. The van der Waals surface area contributed by atoms with Crippen molar-refractivity contribution in [3.63, 3.8) is 0 Å². The van der Waals surface area contributed by atoms with Crippen LogP contribution >= 0.6 is 11.3 Å². The van der Waals surface area contributed by atoms with E-state index in [-0.39, 0.29) is 0 Å². The largest absolute Gasteiger partial charge is 0.487 e. The number of ether oxygens (including phenoxy) is 1. The van der Waals surface area contributed by atoms with Gasteiger partial charge < -0.3 is 10.5 Å². The lowest BCUT2D eigenvalue weighted by atomic mass is 9.95. The van der Waals surface area contributed by atoms with Crippen molar-refractivity contribution >= 4 is 11.3 Å². The Morgan fingerprint density at radius 2 is 2.36 bits per heavy atom. The van der Waals surface area contributed by atoms with Crippen molar-refractivity contribution in [3.8, 4) is 5.06 Å². The summed E-state index contributed by atoms with van der Waals surface area (Å²) in [6.07, 6.45) is 3.92. The van der Waals surface area contributed by atoms with Gasteiger partial charge in [0, 0.05) is 4.88 Å². The Bertz CT molecular complexity index is 297. The standard InChI is InChI=1S/C11H17NOS/c1-13-11-6-5-10(14-11)9-4-2-3-8(9)7-12/h5-6,8-9H,2-4,7,12H2,1H3. The van der Waals surface area contributed by atoms with Gasteiger partial charge in [-0.25, -0.2) is 0 Å². The maximum absolute atomic E-state index is 5.77. The zero-order valence-corrected chi connectivity index (χ0v) is 9.35. The first-order valence-electron chi connectivity index (χ1n) is 5.19. The van der Waals surface area contributed by atoms with E-state index in [0.717, 1.165) is 11.6 Å². The third kappa shape index (κ3) is 1.79. The van der Waals surface area contributed by atoms with Gasteiger partial charge >= 0.3 is 0 Å². The normalized spacial score (nSPS) is 26.7. The minimum absolute atomic E-state index is 0.689. The molecule has 0 spiro atoms. The minimum atomic E-state index is 0.689. The molecule has 3 heteroatoms. The van der Waals surface area contributed by atoms with Crippen LogP contribution in [0.5, 0.6) is 5.06 Å². The summed E-state index contributed by atoms with van der Waals surface area (Å²) >= 11 is 1.77. The van der Waals surface area contributed by atoms with Crippen LogP contribution in [-0.4, -0.2) is 13.7 Å². The molecule has 1 fully saturated rings. The van der Waals surface area contributed by atoms with Crippen molar-refractivity contribution in [1.82, 2.24) is 0 Å². The summed E-state index contributed by atoms with van der Waals surface area (Å²) in [6.45, 7) is 0.824. The van der Waals surface area contributed by atoms with Crippen molar-refractivity contribution < 1.29 is 4.74 Å². The number of hydrogen-bond donors (Lipinski definition) is 1. The van der Waals surface area contributed by atoms with Gasteiger partial charge in [-0.3, -0.25) is 0 Å². The average molecular weight is 211 g/mol. The van der Waals surface area contributed by atoms with E-state index in [1.54, 1.807) is 18.4 Å². The molecule has 2 atom stereocenters. The van der Waals surface area contributed by atoms with Gasteiger partial charge in [0.05, 0.1) is 7.11 Å². The Labute approximate surface area is 89.1 Å². The smallest absolute Gasteiger partial charge is 0.173 e. The first-order chi connectivity index (χ1) is 6.85. The molecule has 2 rings (SSSR count). The highest BCUT2D eigenvalue weighted by atomic mass is 32.1. The van der Waals surface area contributed by atoms with Crippen LogP contribution in [-0.2, 0) is 0 Å². The second-order valence-corrected chi connectivity index (χ2v) is 4.97. The van der Waals surface area contributed by atoms with Gasteiger partial charge in [0.25, 0.3) is 0 Å². The molecule has 1 aliphatic rings. The highest BCUT2D eigenvalue weighted by Crippen LogP contribution is 2.43. The number of nitrogens with two attached hydrogens (primary N) is 1. The average Bonchev–Trinajstić information content (AvgIpc) is 2.85. The lowest BCUT2D eigenvalue weighted by molar-refractivity contribution is 0.427. The van der Waals surface area contributed by atoms with Crippen LogP contribution < -0.4 is 10.5 Å². The fourth-order valence-corrected chi connectivity index (χ4v) is 3.39. The van der Waals surface area contributed by atoms with Crippen molar-refractivity contribution in [3.05, 3.63) is 17.0 Å². The molecule has 1 heterocycles. The maximum atomic E-state index is 5.77. The molecular weight excluding hydrogens is 194 g/mol. The predicted molar refractivity (Wildman–Crippen MR) is 60.0 cm³/mol. The van der Waals surface area contributed by atoms with Gasteiger partial charge in [-0.05, 0) is 43.4 Å². The highest BCUT2D eigenvalue weighted by molar-refractivity contribution is 7.13. The monoisotopic (exact) mass is 211 g/mol. The Kier molecular flexibility index (Phi) is 3.08. The Hall–Kier alpha value is -0.540. The highest BCUT2D eigenvalue weighted by Gasteiger charge is 2.28. The van der Waals surface area contributed by atoms with Crippen LogP contribution in [0, 0.1) is 5.92 Å². The quantitative estimate of drug-likeness (QED) is 0.834. The van der Waals surface area contributed by atoms with Gasteiger partial charge in [0.1, 0.15) is 0 Å². The molecule has 1 saturated carbocycles. The summed E-state index contributed by atoms with van der Waals surface area (Å²) in [7, 11) is 1.73. The lowest BCUT2D eigenvalue weighted by Gasteiger charge is -2.15. The number of rotatable bonds is 3. The van der Waals surface area contributed by atoms with Gasteiger partial charge in [-0.1, -0.05) is 6.42 Å².